The van der Waals surface area contributed by atoms with Gasteiger partial charge in [0.2, 0.25) is 0 Å². The molecule has 0 saturated carbocycles. The van der Waals surface area contributed by atoms with Crippen LogP contribution < -0.4 is 5.32 Å². The van der Waals surface area contributed by atoms with Crippen LogP contribution in [0.5, 0.6) is 0 Å². The van der Waals surface area contributed by atoms with E-state index in [1.54, 1.807) is 0 Å². The van der Waals surface area contributed by atoms with Crippen LogP contribution in [0.15, 0.2) is 115 Å². The minimum Gasteiger partial charge on any atom is -0.378 e. The summed E-state index contributed by atoms with van der Waals surface area (Å²) in [5.74, 6) is -0.0382. The molecule has 1 unspecified atom stereocenters. The Morgan fingerprint density at radius 2 is 1.15 bits per heavy atom. The monoisotopic (exact) mass is 445 g/mol. The summed E-state index contributed by atoms with van der Waals surface area (Å²) in [7, 11) is 0. The van der Waals surface area contributed by atoms with Crippen LogP contribution in [-0.2, 0) is 6.42 Å². The van der Waals surface area contributed by atoms with Gasteiger partial charge in [-0.1, -0.05) is 115 Å². The number of rotatable bonds is 8. The van der Waals surface area contributed by atoms with Crippen molar-refractivity contribution in [2.75, 3.05) is 0 Å². The first-order valence-electron chi connectivity index (χ1n) is 12.1. The van der Waals surface area contributed by atoms with Gasteiger partial charge in [0.1, 0.15) is 6.23 Å². The molecule has 0 aliphatic carbocycles. The lowest BCUT2D eigenvalue weighted by Gasteiger charge is -2.29. The fourth-order valence-corrected chi connectivity index (χ4v) is 5.11. The van der Waals surface area contributed by atoms with Crippen molar-refractivity contribution in [1.29, 1.82) is 0 Å². The first-order valence-corrected chi connectivity index (χ1v) is 12.1. The van der Waals surface area contributed by atoms with E-state index in [0.29, 0.717) is 0 Å². The molecule has 5 aromatic rings. The number of aryl methyl sites for hydroxylation is 1. The molecule has 0 radical (unpaired) electrons. The van der Waals surface area contributed by atoms with Gasteiger partial charge in [-0.15, -0.1) is 0 Å². The average molecular weight is 446 g/mol. The first kappa shape index (κ1) is 22.3. The number of aliphatic hydroxyl groups is 1. The van der Waals surface area contributed by atoms with Gasteiger partial charge in [0, 0.05) is 12.0 Å². The van der Waals surface area contributed by atoms with Crippen LogP contribution in [0, 0.1) is 0 Å². The molecule has 34 heavy (non-hydrogen) atoms. The predicted octanol–water partition coefficient (Wildman–Crippen LogP) is 7.38. The van der Waals surface area contributed by atoms with Crippen LogP contribution in [0.1, 0.15) is 42.0 Å². The number of hydrogen-bond acceptors (Lipinski definition) is 2. The third kappa shape index (κ3) is 4.75. The van der Waals surface area contributed by atoms with Crippen LogP contribution >= 0.6 is 0 Å². The van der Waals surface area contributed by atoms with Crippen LogP contribution in [-0.4, -0.2) is 11.3 Å². The van der Waals surface area contributed by atoms with Crippen LogP contribution in [0.25, 0.3) is 21.5 Å². The van der Waals surface area contributed by atoms with E-state index in [0.717, 1.165) is 12.8 Å². The van der Waals surface area contributed by atoms with Gasteiger partial charge in [-0.3, -0.25) is 5.32 Å². The predicted molar refractivity (Wildman–Crippen MR) is 143 cm³/mol. The molecule has 0 aromatic heterocycles. The third-order valence-corrected chi connectivity index (χ3v) is 6.90. The van der Waals surface area contributed by atoms with E-state index in [4.69, 9.17) is 0 Å². The summed E-state index contributed by atoms with van der Waals surface area (Å²) in [5.41, 5.74) is 3.69. The Hall–Kier alpha value is -3.46. The molecule has 5 rings (SSSR count). The van der Waals surface area contributed by atoms with E-state index < -0.39 is 6.23 Å². The zero-order chi connectivity index (χ0) is 23.3. The lowest BCUT2D eigenvalue weighted by atomic mass is 9.87. The summed E-state index contributed by atoms with van der Waals surface area (Å²) in [4.78, 5) is 0. The molecule has 0 aliphatic rings. The lowest BCUT2D eigenvalue weighted by Crippen LogP contribution is -2.37. The minimum atomic E-state index is -0.677. The number of fused-ring (bicyclic) bond motifs is 2. The first-order chi connectivity index (χ1) is 16.7. The Morgan fingerprint density at radius 1 is 0.618 bits per heavy atom. The molecule has 0 heterocycles. The molecule has 3 atom stereocenters. The molecule has 5 aromatic carbocycles. The van der Waals surface area contributed by atoms with Crippen molar-refractivity contribution < 1.29 is 5.11 Å². The summed E-state index contributed by atoms with van der Waals surface area (Å²) >= 11 is 0. The number of nitrogens with one attached hydrogen (secondary N) is 1. The van der Waals surface area contributed by atoms with Crippen molar-refractivity contribution >= 4 is 21.5 Å². The molecule has 2 heteroatoms. The Bertz CT molecular complexity index is 1370. The van der Waals surface area contributed by atoms with E-state index in [9.17, 15) is 5.11 Å². The molecule has 2 N–H and O–H groups in total. The van der Waals surface area contributed by atoms with Gasteiger partial charge in [0.15, 0.2) is 0 Å². The van der Waals surface area contributed by atoms with Crippen LogP contribution in [0.3, 0.4) is 0 Å². The van der Waals surface area contributed by atoms with Gasteiger partial charge in [-0.25, -0.2) is 0 Å². The normalized spacial score (nSPS) is 14.2. The molecular weight excluding hydrogens is 414 g/mol. The second-order valence-electron chi connectivity index (χ2n) is 9.10. The SMILES string of the molecule is C[C@H](NC(O)[C@H](CCc1ccccc1)c1cccc2ccccc12)c1cccc2ccccc12. The largest absolute Gasteiger partial charge is 0.378 e. The van der Waals surface area contributed by atoms with Gasteiger partial charge in [-0.2, -0.15) is 0 Å². The van der Waals surface area contributed by atoms with Crippen molar-refractivity contribution in [3.63, 3.8) is 0 Å². The van der Waals surface area contributed by atoms with E-state index in [2.05, 4.69) is 121 Å². The van der Waals surface area contributed by atoms with Crippen molar-refractivity contribution in [1.82, 2.24) is 5.32 Å². The van der Waals surface area contributed by atoms with Crippen molar-refractivity contribution in [3.05, 3.63) is 132 Å². The van der Waals surface area contributed by atoms with Crippen LogP contribution in [0.2, 0.25) is 0 Å². The van der Waals surface area contributed by atoms with Gasteiger partial charge in [0.05, 0.1) is 0 Å². The second-order valence-corrected chi connectivity index (χ2v) is 9.10. The average Bonchev–Trinajstić information content (AvgIpc) is 2.89. The summed E-state index contributed by atoms with van der Waals surface area (Å²) in [6.07, 6.45) is 1.09. The van der Waals surface area contributed by atoms with E-state index in [1.165, 1.54) is 38.2 Å². The maximum atomic E-state index is 11.6. The molecule has 0 aliphatic heterocycles. The van der Waals surface area contributed by atoms with Crippen LogP contribution in [0.4, 0.5) is 0 Å². The highest BCUT2D eigenvalue weighted by atomic mass is 16.3. The highest BCUT2D eigenvalue weighted by Crippen LogP contribution is 2.33. The Balaban J connectivity index is 1.46. The standard InChI is InChI=1S/C32H31NO/c1-23(27-19-9-15-25-13-5-7-17-28(25)27)33-32(34)31(22-21-24-11-3-2-4-12-24)30-20-10-16-26-14-6-8-18-29(26)30/h2-20,23,31-34H,21-22H2,1H3/t23-,31+,32?/m0/s1. The fourth-order valence-electron chi connectivity index (χ4n) is 5.11. The van der Waals surface area contributed by atoms with E-state index in [-0.39, 0.29) is 12.0 Å². The minimum absolute atomic E-state index is 0.00954. The molecule has 0 saturated heterocycles. The zero-order valence-electron chi connectivity index (χ0n) is 19.6. The highest BCUT2D eigenvalue weighted by molar-refractivity contribution is 5.87. The maximum Gasteiger partial charge on any atom is 0.112 e. The third-order valence-electron chi connectivity index (χ3n) is 6.90. The molecular formula is C32H31NO. The van der Waals surface area contributed by atoms with Gasteiger partial charge in [-0.05, 0) is 58.0 Å². The zero-order valence-corrected chi connectivity index (χ0v) is 19.6. The van der Waals surface area contributed by atoms with Crippen molar-refractivity contribution in [2.45, 2.75) is 38.0 Å². The topological polar surface area (TPSA) is 32.3 Å². The van der Waals surface area contributed by atoms with E-state index >= 15 is 0 Å². The van der Waals surface area contributed by atoms with Crippen molar-refractivity contribution in [2.24, 2.45) is 0 Å². The summed E-state index contributed by atoms with van der Waals surface area (Å²) in [5, 5.41) is 20.0. The quantitative estimate of drug-likeness (QED) is 0.244. The molecule has 0 bridgehead atoms. The number of hydrogen-bond donors (Lipinski definition) is 2. The molecule has 170 valence electrons. The summed E-state index contributed by atoms with van der Waals surface area (Å²) < 4.78 is 0. The molecule has 0 fully saturated rings. The molecule has 2 nitrogen and oxygen atoms in total. The summed E-state index contributed by atoms with van der Waals surface area (Å²) in [6.45, 7) is 2.14. The number of aliphatic hydroxyl groups excluding tert-OH is 1. The Labute approximate surface area is 201 Å². The number of benzene rings is 5. The summed E-state index contributed by atoms with van der Waals surface area (Å²) in [6, 6.07) is 40.3. The van der Waals surface area contributed by atoms with E-state index in [1.807, 2.05) is 6.07 Å². The Morgan fingerprint density at radius 3 is 1.82 bits per heavy atom. The molecule has 0 spiro atoms. The molecule has 0 amide bonds. The highest BCUT2D eigenvalue weighted by Gasteiger charge is 2.25. The van der Waals surface area contributed by atoms with Gasteiger partial charge >= 0.3 is 0 Å². The van der Waals surface area contributed by atoms with Crippen molar-refractivity contribution in [3.8, 4) is 0 Å². The van der Waals surface area contributed by atoms with Gasteiger partial charge < -0.3 is 5.11 Å². The maximum absolute atomic E-state index is 11.6. The Kier molecular flexibility index (Phi) is 6.71. The van der Waals surface area contributed by atoms with Gasteiger partial charge in [0.25, 0.3) is 0 Å². The fraction of sp³-hybridized carbons (Fsp3) is 0.188. The lowest BCUT2D eigenvalue weighted by molar-refractivity contribution is 0.0929. The second kappa shape index (κ2) is 10.2. The smallest absolute Gasteiger partial charge is 0.112 e.